The minimum absolute atomic E-state index is 0.0114. The molecule has 0 unspecified atom stereocenters. The van der Waals surface area contributed by atoms with Crippen LogP contribution in [-0.4, -0.2) is 53.4 Å². The first-order valence-corrected chi connectivity index (χ1v) is 10.5. The summed E-state index contributed by atoms with van der Waals surface area (Å²) in [6, 6.07) is 6.32. The van der Waals surface area contributed by atoms with Gasteiger partial charge in [-0.15, -0.1) is 5.06 Å². The first-order valence-electron chi connectivity index (χ1n) is 9.37. The van der Waals surface area contributed by atoms with Gasteiger partial charge in [0.25, 0.3) is 11.8 Å². The van der Waals surface area contributed by atoms with Gasteiger partial charge in [-0.25, -0.2) is 9.59 Å². The van der Waals surface area contributed by atoms with E-state index in [1.54, 1.807) is 27.9 Å². The van der Waals surface area contributed by atoms with Gasteiger partial charge in [-0.05, 0) is 38.5 Å². The highest BCUT2D eigenvalue weighted by atomic mass is 32.2. The Morgan fingerprint density at radius 1 is 1.13 bits per heavy atom. The van der Waals surface area contributed by atoms with E-state index in [1.807, 2.05) is 24.3 Å². The predicted octanol–water partition coefficient (Wildman–Crippen LogP) is 2.43. The SMILES string of the molecule is COc1ccc(CSC[C@H](NC(=O)OC(C)(C)C)C(=O)ON2C(=O)CCC2=O)cc1. The van der Waals surface area contributed by atoms with Crippen molar-refractivity contribution in [2.24, 2.45) is 0 Å². The number of rotatable bonds is 8. The molecule has 0 aliphatic carbocycles. The Hall–Kier alpha value is -2.75. The van der Waals surface area contributed by atoms with E-state index in [4.69, 9.17) is 14.3 Å². The molecule has 3 amide bonds. The lowest BCUT2D eigenvalue weighted by molar-refractivity contribution is -0.198. The molecule has 10 heteroatoms. The molecule has 164 valence electrons. The molecule has 30 heavy (non-hydrogen) atoms. The monoisotopic (exact) mass is 438 g/mol. The maximum absolute atomic E-state index is 12.5. The van der Waals surface area contributed by atoms with Gasteiger partial charge in [0.15, 0.2) is 0 Å². The van der Waals surface area contributed by atoms with Crippen LogP contribution in [0.25, 0.3) is 0 Å². The molecular formula is C20H26N2O7S. The smallest absolute Gasteiger partial charge is 0.408 e. The molecule has 9 nitrogen and oxygen atoms in total. The van der Waals surface area contributed by atoms with Gasteiger partial charge in [0, 0.05) is 24.3 Å². The summed E-state index contributed by atoms with van der Waals surface area (Å²) in [5, 5.41) is 2.91. The van der Waals surface area contributed by atoms with Gasteiger partial charge in [-0.2, -0.15) is 11.8 Å². The molecular weight excluding hydrogens is 412 g/mol. The molecule has 1 aromatic carbocycles. The van der Waals surface area contributed by atoms with Crippen LogP contribution >= 0.6 is 11.8 Å². The molecule has 1 fully saturated rings. The van der Waals surface area contributed by atoms with Crippen molar-refractivity contribution in [3.8, 4) is 5.75 Å². The van der Waals surface area contributed by atoms with Crippen molar-refractivity contribution in [3.63, 3.8) is 0 Å². The van der Waals surface area contributed by atoms with Gasteiger partial charge in [-0.1, -0.05) is 12.1 Å². The number of hydroxylamine groups is 2. The number of nitrogens with one attached hydrogen (secondary N) is 1. The summed E-state index contributed by atoms with van der Waals surface area (Å²) in [6.07, 6.45) is -0.820. The summed E-state index contributed by atoms with van der Waals surface area (Å²) in [6.45, 7) is 5.08. The van der Waals surface area contributed by atoms with Crippen molar-refractivity contribution >= 4 is 35.6 Å². The Morgan fingerprint density at radius 2 is 1.73 bits per heavy atom. The summed E-state index contributed by atoms with van der Waals surface area (Å²) in [5.41, 5.74) is 0.241. The number of nitrogens with zero attached hydrogens (tertiary/aromatic N) is 1. The zero-order chi connectivity index (χ0) is 22.3. The maximum Gasteiger partial charge on any atom is 0.408 e. The zero-order valence-corrected chi connectivity index (χ0v) is 18.2. The highest BCUT2D eigenvalue weighted by Crippen LogP contribution is 2.19. The van der Waals surface area contributed by atoms with E-state index in [1.165, 1.54) is 11.8 Å². The standard InChI is InChI=1S/C20H26N2O7S/c1-20(2,3)28-19(26)21-15(18(25)29-22-16(23)9-10-17(22)24)12-30-11-13-5-7-14(27-4)8-6-13/h5-8,15H,9-12H2,1-4H3,(H,21,26)/t15-/m0/s1. The first-order chi connectivity index (χ1) is 14.1. The Balaban J connectivity index is 1.99. The normalized spacial score (nSPS) is 15.0. The first kappa shape index (κ1) is 23.5. The van der Waals surface area contributed by atoms with Gasteiger partial charge in [0.05, 0.1) is 7.11 Å². The summed E-state index contributed by atoms with van der Waals surface area (Å²) in [7, 11) is 1.58. The molecule has 1 atom stereocenters. The fourth-order valence-electron chi connectivity index (χ4n) is 2.45. The van der Waals surface area contributed by atoms with E-state index >= 15 is 0 Å². The van der Waals surface area contributed by atoms with Crippen molar-refractivity contribution in [1.29, 1.82) is 0 Å². The molecule has 0 spiro atoms. The van der Waals surface area contributed by atoms with Crippen molar-refractivity contribution in [2.45, 2.75) is 51.0 Å². The largest absolute Gasteiger partial charge is 0.497 e. The lowest BCUT2D eigenvalue weighted by atomic mass is 10.2. The third kappa shape index (κ3) is 7.25. The summed E-state index contributed by atoms with van der Waals surface area (Å²) in [4.78, 5) is 53.0. The Bertz CT molecular complexity index is 773. The number of carbonyl (C=O) groups is 4. The number of alkyl carbamates (subject to hydrolysis) is 1. The second-order valence-corrected chi connectivity index (χ2v) is 8.58. The Labute approximate surface area is 179 Å². The zero-order valence-electron chi connectivity index (χ0n) is 17.4. The third-order valence-electron chi connectivity index (χ3n) is 3.87. The molecule has 0 saturated carbocycles. The quantitative estimate of drug-likeness (QED) is 0.616. The van der Waals surface area contributed by atoms with Crippen molar-refractivity contribution in [3.05, 3.63) is 29.8 Å². The average Bonchev–Trinajstić information content (AvgIpc) is 2.98. The third-order valence-corrected chi connectivity index (χ3v) is 4.98. The topological polar surface area (TPSA) is 111 Å². The number of hydrogen-bond acceptors (Lipinski definition) is 8. The summed E-state index contributed by atoms with van der Waals surface area (Å²) < 4.78 is 10.3. The number of imide groups is 1. The number of amides is 3. The minimum atomic E-state index is -1.11. The number of methoxy groups -OCH3 is 1. The van der Waals surface area contributed by atoms with Crippen molar-refractivity contribution < 1.29 is 33.5 Å². The number of ether oxygens (including phenoxy) is 2. The van der Waals surface area contributed by atoms with Crippen LogP contribution in [-0.2, 0) is 29.7 Å². The minimum Gasteiger partial charge on any atom is -0.497 e. The van der Waals surface area contributed by atoms with E-state index < -0.39 is 35.5 Å². The molecule has 0 bridgehead atoms. The van der Waals surface area contributed by atoms with Crippen LogP contribution in [0.3, 0.4) is 0 Å². The predicted molar refractivity (Wildman–Crippen MR) is 109 cm³/mol. The van der Waals surface area contributed by atoms with Crippen LogP contribution in [0.2, 0.25) is 0 Å². The molecule has 1 N–H and O–H groups in total. The molecule has 1 aliphatic rings. The fraction of sp³-hybridized carbons (Fsp3) is 0.500. The van der Waals surface area contributed by atoms with Crippen LogP contribution in [0.15, 0.2) is 24.3 Å². The van der Waals surface area contributed by atoms with E-state index in [9.17, 15) is 19.2 Å². The molecule has 1 aromatic rings. The van der Waals surface area contributed by atoms with Gasteiger partial charge < -0.3 is 19.6 Å². The van der Waals surface area contributed by atoms with E-state index in [-0.39, 0.29) is 18.6 Å². The maximum atomic E-state index is 12.5. The lowest BCUT2D eigenvalue weighted by Crippen LogP contribution is -2.48. The van der Waals surface area contributed by atoms with E-state index in [2.05, 4.69) is 5.32 Å². The number of carbonyl (C=O) groups excluding carboxylic acids is 4. The molecule has 1 heterocycles. The molecule has 2 rings (SSSR count). The van der Waals surface area contributed by atoms with Gasteiger partial charge in [0.1, 0.15) is 17.4 Å². The molecule has 0 aromatic heterocycles. The van der Waals surface area contributed by atoms with Gasteiger partial charge >= 0.3 is 12.1 Å². The van der Waals surface area contributed by atoms with Crippen molar-refractivity contribution in [1.82, 2.24) is 10.4 Å². The highest BCUT2D eigenvalue weighted by Gasteiger charge is 2.35. The van der Waals surface area contributed by atoms with Gasteiger partial charge in [-0.3, -0.25) is 9.59 Å². The van der Waals surface area contributed by atoms with Crippen LogP contribution in [0.4, 0.5) is 4.79 Å². The number of hydrogen-bond donors (Lipinski definition) is 1. The summed E-state index contributed by atoms with van der Waals surface area (Å²) in [5.74, 6) is -0.639. The second kappa shape index (κ2) is 10.3. The van der Waals surface area contributed by atoms with Crippen LogP contribution in [0, 0.1) is 0 Å². The fourth-order valence-corrected chi connectivity index (χ4v) is 3.45. The Morgan fingerprint density at radius 3 is 2.27 bits per heavy atom. The van der Waals surface area contributed by atoms with Crippen LogP contribution in [0.5, 0.6) is 5.75 Å². The number of thioether (sulfide) groups is 1. The van der Waals surface area contributed by atoms with Crippen LogP contribution in [0.1, 0.15) is 39.2 Å². The molecule has 1 aliphatic heterocycles. The average molecular weight is 439 g/mol. The van der Waals surface area contributed by atoms with Crippen molar-refractivity contribution in [2.75, 3.05) is 12.9 Å². The number of benzene rings is 1. The molecule has 0 radical (unpaired) electrons. The highest BCUT2D eigenvalue weighted by molar-refractivity contribution is 7.98. The molecule has 1 saturated heterocycles. The van der Waals surface area contributed by atoms with E-state index in [0.717, 1.165) is 11.3 Å². The van der Waals surface area contributed by atoms with E-state index in [0.29, 0.717) is 10.8 Å². The Kier molecular flexibility index (Phi) is 8.10. The summed E-state index contributed by atoms with van der Waals surface area (Å²) >= 11 is 1.38. The van der Waals surface area contributed by atoms with Crippen LogP contribution < -0.4 is 10.1 Å². The lowest BCUT2D eigenvalue weighted by Gasteiger charge is -2.23. The second-order valence-electron chi connectivity index (χ2n) is 7.55. The van der Waals surface area contributed by atoms with Gasteiger partial charge in [0.2, 0.25) is 0 Å².